The number of anilines is 1. The molecule has 2 aromatic carbocycles. The third-order valence-corrected chi connectivity index (χ3v) is 3.54. The number of alkyl halides is 3. The Hall–Kier alpha value is -3.23. The molecule has 0 saturated heterocycles. The van der Waals surface area contributed by atoms with E-state index in [1.165, 1.54) is 25.3 Å². The second-order valence-corrected chi connectivity index (χ2v) is 5.61. The molecule has 0 heterocycles. The molecule has 0 aliphatic carbocycles. The number of hydrogen-bond donors (Lipinski definition) is 3. The number of ether oxygens (including phenoxy) is 1. The summed E-state index contributed by atoms with van der Waals surface area (Å²) in [7, 11) is 1.29. The van der Waals surface area contributed by atoms with Gasteiger partial charge in [-0.25, -0.2) is 4.79 Å². The Kier molecular flexibility index (Phi) is 6.27. The van der Waals surface area contributed by atoms with Crippen molar-refractivity contribution in [2.75, 3.05) is 12.4 Å². The van der Waals surface area contributed by atoms with Crippen LogP contribution in [0.15, 0.2) is 48.5 Å². The van der Waals surface area contributed by atoms with E-state index in [1.807, 2.05) is 6.92 Å². The molecule has 2 rings (SSSR count). The molecular weight excluding hydrogens is 363 g/mol. The van der Waals surface area contributed by atoms with E-state index in [0.29, 0.717) is 5.69 Å². The molecule has 0 aliphatic heterocycles. The third-order valence-electron chi connectivity index (χ3n) is 3.54. The molecule has 0 radical (unpaired) electrons. The number of hydrogen-bond acceptors (Lipinski definition) is 3. The maximum atomic E-state index is 13.2. The summed E-state index contributed by atoms with van der Waals surface area (Å²) in [5.41, 5.74) is 1.16. The van der Waals surface area contributed by atoms with Crippen molar-refractivity contribution in [1.82, 2.24) is 10.6 Å². The van der Waals surface area contributed by atoms with Crippen molar-refractivity contribution in [3.8, 4) is 5.75 Å². The third kappa shape index (κ3) is 5.63. The summed E-state index contributed by atoms with van der Waals surface area (Å²) in [4.78, 5) is 24.1. The highest BCUT2D eigenvalue weighted by atomic mass is 19.4. The maximum absolute atomic E-state index is 13.2. The minimum Gasteiger partial charge on any atom is -0.496 e. The summed E-state index contributed by atoms with van der Waals surface area (Å²) in [6, 6.07) is 11.2. The summed E-state index contributed by atoms with van der Waals surface area (Å²) < 4.78 is 44.7. The lowest BCUT2D eigenvalue weighted by molar-refractivity contribution is -0.157. The van der Waals surface area contributed by atoms with Crippen LogP contribution in [0.3, 0.4) is 0 Å². The maximum Gasteiger partial charge on any atom is 0.427 e. The molecule has 0 aliphatic rings. The molecule has 0 aromatic heterocycles. The molecule has 0 saturated carbocycles. The van der Waals surface area contributed by atoms with Crippen molar-refractivity contribution < 1.29 is 27.5 Å². The second-order valence-electron chi connectivity index (χ2n) is 5.61. The molecular formula is C18H18F3N3O3. The normalized spacial score (nSPS) is 12.0. The van der Waals surface area contributed by atoms with Crippen molar-refractivity contribution >= 4 is 17.6 Å². The fraction of sp³-hybridized carbons (Fsp3) is 0.222. The van der Waals surface area contributed by atoms with Crippen LogP contribution in [0, 0.1) is 6.92 Å². The lowest BCUT2D eigenvalue weighted by Crippen LogP contribution is -2.57. The van der Waals surface area contributed by atoms with Crippen LogP contribution >= 0.6 is 0 Å². The first-order valence-corrected chi connectivity index (χ1v) is 7.85. The molecule has 27 heavy (non-hydrogen) atoms. The summed E-state index contributed by atoms with van der Waals surface area (Å²) in [5.74, 6) is -0.926. The van der Waals surface area contributed by atoms with Crippen LogP contribution in [0.4, 0.5) is 23.7 Å². The zero-order valence-electron chi connectivity index (χ0n) is 14.6. The Morgan fingerprint density at radius 2 is 1.63 bits per heavy atom. The Bertz CT molecular complexity index is 807. The van der Waals surface area contributed by atoms with Crippen molar-refractivity contribution in [3.05, 3.63) is 59.7 Å². The number of methoxy groups -OCH3 is 1. The van der Waals surface area contributed by atoms with Gasteiger partial charge in [-0.3, -0.25) is 4.79 Å². The number of para-hydroxylation sites is 1. The summed E-state index contributed by atoms with van der Waals surface area (Å²) in [5, 5.41) is 5.75. The van der Waals surface area contributed by atoms with Gasteiger partial charge >= 0.3 is 12.2 Å². The average molecular weight is 381 g/mol. The van der Waals surface area contributed by atoms with Gasteiger partial charge in [-0.05, 0) is 31.2 Å². The topological polar surface area (TPSA) is 79.5 Å². The van der Waals surface area contributed by atoms with Gasteiger partial charge < -0.3 is 20.7 Å². The lowest BCUT2D eigenvalue weighted by atomic mass is 10.2. The Labute approximate surface area is 153 Å². The average Bonchev–Trinajstić information content (AvgIpc) is 2.62. The molecule has 9 heteroatoms. The molecule has 0 unspecified atom stereocenters. The van der Waals surface area contributed by atoms with E-state index in [2.05, 4.69) is 5.32 Å². The van der Waals surface area contributed by atoms with Gasteiger partial charge in [0.2, 0.25) is 6.17 Å². The van der Waals surface area contributed by atoms with E-state index in [-0.39, 0.29) is 11.3 Å². The number of urea groups is 1. The predicted octanol–water partition coefficient (Wildman–Crippen LogP) is 3.44. The quantitative estimate of drug-likeness (QED) is 0.694. The van der Waals surface area contributed by atoms with Crippen LogP contribution in [0.25, 0.3) is 0 Å². The van der Waals surface area contributed by atoms with E-state index in [0.717, 1.165) is 5.56 Å². The van der Waals surface area contributed by atoms with Gasteiger partial charge in [0.15, 0.2) is 0 Å². The molecule has 0 fully saturated rings. The minimum atomic E-state index is -4.90. The van der Waals surface area contributed by atoms with Gasteiger partial charge in [-0.15, -0.1) is 0 Å². The second kappa shape index (κ2) is 8.43. The molecule has 2 aromatic rings. The molecule has 3 amide bonds. The van der Waals surface area contributed by atoms with Gasteiger partial charge in [0, 0.05) is 5.69 Å². The van der Waals surface area contributed by atoms with E-state index in [4.69, 9.17) is 4.74 Å². The lowest BCUT2D eigenvalue weighted by Gasteiger charge is -2.23. The van der Waals surface area contributed by atoms with Gasteiger partial charge in [-0.2, -0.15) is 13.2 Å². The van der Waals surface area contributed by atoms with Crippen LogP contribution in [0.1, 0.15) is 15.9 Å². The molecule has 6 nitrogen and oxygen atoms in total. The summed E-state index contributed by atoms with van der Waals surface area (Å²) in [6.45, 7) is 1.83. The fourth-order valence-corrected chi connectivity index (χ4v) is 2.18. The number of benzene rings is 2. The van der Waals surface area contributed by atoms with Crippen LogP contribution in [-0.2, 0) is 0 Å². The SMILES string of the molecule is COc1ccccc1C(=O)N[C@H](NC(=O)Nc1ccc(C)cc1)C(F)(F)F. The van der Waals surface area contributed by atoms with Gasteiger partial charge in [0.05, 0.1) is 12.7 Å². The molecule has 0 spiro atoms. The first-order valence-electron chi connectivity index (χ1n) is 7.85. The van der Waals surface area contributed by atoms with Crippen LogP contribution in [0.5, 0.6) is 5.75 Å². The number of aryl methyl sites for hydroxylation is 1. The van der Waals surface area contributed by atoms with Crippen molar-refractivity contribution in [3.63, 3.8) is 0 Å². The van der Waals surface area contributed by atoms with Gasteiger partial charge in [0.1, 0.15) is 5.75 Å². The molecule has 144 valence electrons. The number of carbonyl (C=O) groups is 2. The van der Waals surface area contributed by atoms with Crippen LogP contribution in [0.2, 0.25) is 0 Å². The Morgan fingerprint density at radius 1 is 1.00 bits per heavy atom. The highest BCUT2D eigenvalue weighted by Gasteiger charge is 2.42. The van der Waals surface area contributed by atoms with Crippen molar-refractivity contribution in [2.45, 2.75) is 19.3 Å². The highest BCUT2D eigenvalue weighted by Crippen LogP contribution is 2.21. The fourth-order valence-electron chi connectivity index (χ4n) is 2.18. The highest BCUT2D eigenvalue weighted by molar-refractivity contribution is 5.97. The smallest absolute Gasteiger partial charge is 0.427 e. The van der Waals surface area contributed by atoms with Crippen LogP contribution in [-0.4, -0.2) is 31.4 Å². The van der Waals surface area contributed by atoms with Crippen LogP contribution < -0.4 is 20.7 Å². The Morgan fingerprint density at radius 3 is 2.22 bits per heavy atom. The largest absolute Gasteiger partial charge is 0.496 e. The van der Waals surface area contributed by atoms with E-state index in [9.17, 15) is 22.8 Å². The van der Waals surface area contributed by atoms with E-state index < -0.39 is 24.3 Å². The van der Waals surface area contributed by atoms with Gasteiger partial charge in [-0.1, -0.05) is 29.8 Å². The monoisotopic (exact) mass is 381 g/mol. The number of nitrogens with one attached hydrogen (secondary N) is 3. The molecule has 3 N–H and O–H groups in total. The predicted molar refractivity (Wildman–Crippen MR) is 93.6 cm³/mol. The number of rotatable bonds is 5. The zero-order chi connectivity index (χ0) is 20.0. The Balaban J connectivity index is 2.10. The summed E-state index contributed by atoms with van der Waals surface area (Å²) in [6.07, 6.45) is -7.48. The first-order chi connectivity index (χ1) is 12.7. The molecule has 0 bridgehead atoms. The number of carbonyl (C=O) groups excluding carboxylic acids is 2. The number of halogens is 3. The van der Waals surface area contributed by atoms with Gasteiger partial charge in [0.25, 0.3) is 5.91 Å². The van der Waals surface area contributed by atoms with E-state index in [1.54, 1.807) is 41.0 Å². The summed E-state index contributed by atoms with van der Waals surface area (Å²) >= 11 is 0. The number of amides is 3. The first kappa shape index (κ1) is 20.1. The standard InChI is InChI=1S/C18H18F3N3O3/c1-11-7-9-12(10-8-11)22-17(26)24-16(18(19,20)21)23-15(25)13-5-3-4-6-14(13)27-2/h3-10,16H,1-2H3,(H,23,25)(H2,22,24,26)/t16-/m1/s1. The minimum absolute atomic E-state index is 0.0880. The molecule has 1 atom stereocenters. The van der Waals surface area contributed by atoms with Crippen molar-refractivity contribution in [1.29, 1.82) is 0 Å². The zero-order valence-corrected chi connectivity index (χ0v) is 14.6. The van der Waals surface area contributed by atoms with Crippen molar-refractivity contribution in [2.24, 2.45) is 0 Å². The van der Waals surface area contributed by atoms with E-state index >= 15 is 0 Å².